The topological polar surface area (TPSA) is 66.8 Å². The van der Waals surface area contributed by atoms with E-state index in [1.54, 1.807) is 18.2 Å². The van der Waals surface area contributed by atoms with Crippen molar-refractivity contribution in [1.82, 2.24) is 14.7 Å². The van der Waals surface area contributed by atoms with Gasteiger partial charge in [-0.1, -0.05) is 20.8 Å². The first-order valence-corrected chi connectivity index (χ1v) is 12.1. The first kappa shape index (κ1) is 28.9. The van der Waals surface area contributed by atoms with Crippen molar-refractivity contribution in [3.05, 3.63) is 12.1 Å². The Bertz CT molecular complexity index is 671. The number of hydrogen-bond donors (Lipinski definition) is 0. The highest BCUT2D eigenvalue weighted by Gasteiger charge is 2.17. The van der Waals surface area contributed by atoms with Crippen LogP contribution in [-0.2, 0) is 4.79 Å². The summed E-state index contributed by atoms with van der Waals surface area (Å²) in [6.07, 6.45) is 4.88. The number of carbonyl (C=O) groups excluding carboxylic acids is 1. The molecule has 0 spiro atoms. The van der Waals surface area contributed by atoms with E-state index < -0.39 is 0 Å². The average molecular weight is 465 g/mol. The van der Waals surface area contributed by atoms with Crippen LogP contribution in [0.1, 0.15) is 40.0 Å². The van der Waals surface area contributed by atoms with Crippen molar-refractivity contribution >= 4 is 11.8 Å². The standard InChI is InChI=1S/C25H44N4O4/c1-7-10-27(4)13-16-31-23-19-22(26-21-30)20-24(32-17-14-28(5)11-8-2)25(23)33-18-15-29(6)12-9-3/h19-20H,7-18H2,1-6H3. The molecule has 0 heterocycles. The van der Waals surface area contributed by atoms with Gasteiger partial charge in [-0.3, -0.25) is 0 Å². The largest absolute Gasteiger partial charge is 0.488 e. The van der Waals surface area contributed by atoms with Gasteiger partial charge in [-0.25, -0.2) is 4.79 Å². The van der Waals surface area contributed by atoms with Gasteiger partial charge in [0.05, 0.1) is 5.69 Å². The van der Waals surface area contributed by atoms with E-state index in [1.807, 2.05) is 0 Å². The molecule has 0 saturated heterocycles. The second kappa shape index (κ2) is 17.4. The maximum absolute atomic E-state index is 10.9. The molecule has 1 rings (SSSR count). The van der Waals surface area contributed by atoms with Gasteiger partial charge in [0.1, 0.15) is 19.8 Å². The third-order valence-corrected chi connectivity index (χ3v) is 5.18. The molecule has 0 aromatic heterocycles. The Balaban J connectivity index is 3.04. The zero-order valence-corrected chi connectivity index (χ0v) is 21.6. The smallest absolute Gasteiger partial charge is 0.240 e. The molecule has 0 atom stereocenters. The molecule has 33 heavy (non-hydrogen) atoms. The van der Waals surface area contributed by atoms with Crippen LogP contribution in [0.5, 0.6) is 17.2 Å². The minimum atomic E-state index is 0.439. The number of isocyanates is 1. The van der Waals surface area contributed by atoms with Crippen LogP contribution in [0.15, 0.2) is 17.1 Å². The lowest BCUT2D eigenvalue weighted by Gasteiger charge is -2.22. The Labute approximate surface area is 200 Å². The van der Waals surface area contributed by atoms with Crippen LogP contribution in [0.2, 0.25) is 0 Å². The fourth-order valence-electron chi connectivity index (χ4n) is 3.44. The maximum atomic E-state index is 10.9. The van der Waals surface area contributed by atoms with E-state index in [2.05, 4.69) is 61.6 Å². The van der Waals surface area contributed by atoms with Crippen LogP contribution in [0.25, 0.3) is 0 Å². The lowest BCUT2D eigenvalue weighted by atomic mass is 10.2. The van der Waals surface area contributed by atoms with Crippen molar-refractivity contribution in [3.63, 3.8) is 0 Å². The van der Waals surface area contributed by atoms with Crippen LogP contribution in [-0.4, -0.2) is 101 Å². The molecule has 0 unspecified atom stereocenters. The van der Waals surface area contributed by atoms with E-state index >= 15 is 0 Å². The summed E-state index contributed by atoms with van der Waals surface area (Å²) in [5.41, 5.74) is 0.439. The minimum Gasteiger partial charge on any atom is -0.488 e. The molecule has 8 heteroatoms. The molecule has 0 aliphatic heterocycles. The molecule has 0 radical (unpaired) electrons. The maximum Gasteiger partial charge on any atom is 0.240 e. The van der Waals surface area contributed by atoms with Gasteiger partial charge in [0, 0.05) is 31.8 Å². The van der Waals surface area contributed by atoms with Gasteiger partial charge >= 0.3 is 0 Å². The van der Waals surface area contributed by atoms with Crippen molar-refractivity contribution in [3.8, 4) is 17.2 Å². The zero-order chi connectivity index (χ0) is 24.5. The summed E-state index contributed by atoms with van der Waals surface area (Å²) < 4.78 is 18.4. The van der Waals surface area contributed by atoms with Crippen molar-refractivity contribution in [2.45, 2.75) is 40.0 Å². The predicted molar refractivity (Wildman–Crippen MR) is 134 cm³/mol. The third kappa shape index (κ3) is 12.1. The minimum absolute atomic E-state index is 0.439. The number of nitrogens with zero attached hydrogens (tertiary/aromatic N) is 4. The Kier molecular flexibility index (Phi) is 15.2. The van der Waals surface area contributed by atoms with Crippen LogP contribution in [0, 0.1) is 0 Å². The normalized spacial score (nSPS) is 11.2. The lowest BCUT2D eigenvalue weighted by molar-refractivity contribution is 0.194. The molecular formula is C25H44N4O4. The molecule has 1 aromatic carbocycles. The second-order valence-electron chi connectivity index (χ2n) is 8.43. The second-order valence-corrected chi connectivity index (χ2v) is 8.43. The van der Waals surface area contributed by atoms with Crippen LogP contribution in [0.3, 0.4) is 0 Å². The van der Waals surface area contributed by atoms with Crippen molar-refractivity contribution in [2.24, 2.45) is 4.99 Å². The number of hydrogen-bond acceptors (Lipinski definition) is 8. The van der Waals surface area contributed by atoms with E-state index in [1.165, 1.54) is 0 Å². The number of likely N-dealkylation sites (N-methyl/N-ethyl adjacent to an activating group) is 3. The summed E-state index contributed by atoms with van der Waals surface area (Å²) in [5.74, 6) is 1.62. The highest BCUT2D eigenvalue weighted by molar-refractivity contribution is 5.62. The molecule has 0 aliphatic rings. The van der Waals surface area contributed by atoms with E-state index in [0.29, 0.717) is 42.8 Å². The number of ether oxygens (including phenoxy) is 3. The van der Waals surface area contributed by atoms with Gasteiger partial charge in [-0.15, -0.1) is 0 Å². The van der Waals surface area contributed by atoms with Crippen molar-refractivity contribution in [1.29, 1.82) is 0 Å². The average Bonchev–Trinajstić information content (AvgIpc) is 2.76. The summed E-state index contributed by atoms with van der Waals surface area (Å²) >= 11 is 0. The van der Waals surface area contributed by atoms with Gasteiger partial charge in [0.15, 0.2) is 11.5 Å². The molecule has 1 aromatic rings. The van der Waals surface area contributed by atoms with E-state index in [9.17, 15) is 4.79 Å². The number of aliphatic imine (C=N–C) groups is 1. The Morgan fingerprint density at radius 3 is 1.45 bits per heavy atom. The molecule has 0 amide bonds. The fourth-order valence-corrected chi connectivity index (χ4v) is 3.44. The van der Waals surface area contributed by atoms with E-state index in [-0.39, 0.29) is 0 Å². The summed E-state index contributed by atoms with van der Waals surface area (Å²) in [6, 6.07) is 3.43. The molecule has 0 bridgehead atoms. The predicted octanol–water partition coefficient (Wildman–Crippen LogP) is 3.82. The number of benzene rings is 1. The number of rotatable bonds is 19. The fraction of sp³-hybridized carbons (Fsp3) is 0.720. The molecule has 188 valence electrons. The van der Waals surface area contributed by atoms with Crippen LogP contribution < -0.4 is 14.2 Å². The first-order valence-electron chi connectivity index (χ1n) is 12.1. The van der Waals surface area contributed by atoms with Crippen LogP contribution >= 0.6 is 0 Å². The van der Waals surface area contributed by atoms with Crippen molar-refractivity contribution < 1.29 is 19.0 Å². The summed E-state index contributed by atoms with van der Waals surface area (Å²) in [6.45, 7) is 13.3. The van der Waals surface area contributed by atoms with E-state index in [0.717, 1.165) is 58.5 Å². The van der Waals surface area contributed by atoms with Gasteiger partial charge in [0.25, 0.3) is 0 Å². The molecular weight excluding hydrogens is 420 g/mol. The molecule has 0 aliphatic carbocycles. The molecule has 0 fully saturated rings. The van der Waals surface area contributed by atoms with E-state index in [4.69, 9.17) is 14.2 Å². The third-order valence-electron chi connectivity index (χ3n) is 5.18. The first-order chi connectivity index (χ1) is 15.9. The SMILES string of the molecule is CCCN(C)CCOc1cc(N=C=O)cc(OCCN(C)CCC)c1OCCN(C)CCC. The van der Waals surface area contributed by atoms with Gasteiger partial charge in [0.2, 0.25) is 11.8 Å². The van der Waals surface area contributed by atoms with Gasteiger partial charge < -0.3 is 28.9 Å². The lowest BCUT2D eigenvalue weighted by Crippen LogP contribution is -2.26. The Morgan fingerprint density at radius 1 is 0.697 bits per heavy atom. The summed E-state index contributed by atoms with van der Waals surface area (Å²) in [5, 5.41) is 0. The van der Waals surface area contributed by atoms with Crippen molar-refractivity contribution in [2.75, 3.05) is 80.2 Å². The quantitative estimate of drug-likeness (QED) is 0.228. The monoisotopic (exact) mass is 464 g/mol. The van der Waals surface area contributed by atoms with Crippen LogP contribution in [0.4, 0.5) is 5.69 Å². The zero-order valence-electron chi connectivity index (χ0n) is 21.6. The highest BCUT2D eigenvalue weighted by Crippen LogP contribution is 2.41. The van der Waals surface area contributed by atoms with Gasteiger partial charge in [-0.2, -0.15) is 4.99 Å². The Morgan fingerprint density at radius 2 is 1.09 bits per heavy atom. The summed E-state index contributed by atoms with van der Waals surface area (Å²) in [4.78, 5) is 21.4. The molecule has 0 saturated carbocycles. The van der Waals surface area contributed by atoms with Gasteiger partial charge in [-0.05, 0) is 60.0 Å². The molecule has 8 nitrogen and oxygen atoms in total. The molecule has 0 N–H and O–H groups in total. The highest BCUT2D eigenvalue weighted by atomic mass is 16.5. The summed E-state index contributed by atoms with van der Waals surface area (Å²) in [7, 11) is 6.22. The Hall–Kier alpha value is -2.12.